The van der Waals surface area contributed by atoms with Crippen LogP contribution >= 0.6 is 0 Å². The average Bonchev–Trinajstić information content (AvgIpc) is 3.05. The predicted molar refractivity (Wildman–Crippen MR) is 145 cm³/mol. The van der Waals surface area contributed by atoms with Gasteiger partial charge in [0, 0.05) is 23.7 Å². The van der Waals surface area contributed by atoms with E-state index in [0.29, 0.717) is 12.8 Å². The Labute approximate surface area is 226 Å². The summed E-state index contributed by atoms with van der Waals surface area (Å²) in [6.45, 7) is 4.00. The maximum Gasteiger partial charge on any atom is 0.305 e. The van der Waals surface area contributed by atoms with Gasteiger partial charge in [-0.1, -0.05) is 38.1 Å². The van der Waals surface area contributed by atoms with Gasteiger partial charge in [0.15, 0.2) is 0 Å². The third kappa shape index (κ3) is 6.38. The summed E-state index contributed by atoms with van der Waals surface area (Å²) in [7, 11) is 0. The van der Waals surface area contributed by atoms with Crippen LogP contribution in [0.4, 0.5) is 4.39 Å². The van der Waals surface area contributed by atoms with Gasteiger partial charge in [-0.3, -0.25) is 19.6 Å². The second-order valence-electron chi connectivity index (χ2n) is 10.1. The number of pyridine rings is 2. The molecule has 0 fully saturated rings. The average molecular weight is 534 g/mol. The molecular formula is C30H32FN3O5. The van der Waals surface area contributed by atoms with E-state index >= 15 is 0 Å². The Bertz CT molecular complexity index is 1420. The van der Waals surface area contributed by atoms with Crippen LogP contribution in [0.2, 0.25) is 0 Å². The molecule has 4 rings (SSSR count). The largest absolute Gasteiger partial charge is 0.481 e. The monoisotopic (exact) mass is 533 g/mol. The van der Waals surface area contributed by atoms with Gasteiger partial charge in [-0.15, -0.1) is 0 Å². The molecule has 0 unspecified atom stereocenters. The number of carbonyl (C=O) groups is 2. The lowest BCUT2D eigenvalue weighted by Crippen LogP contribution is -2.19. The molecule has 0 radical (unpaired) electrons. The summed E-state index contributed by atoms with van der Waals surface area (Å²) >= 11 is 0. The fraction of sp³-hybridized carbons (Fsp3) is 0.333. The number of aromatic nitrogens is 2. The first-order valence-electron chi connectivity index (χ1n) is 12.9. The number of halogens is 1. The molecule has 2 heterocycles. The molecule has 5 N–H and O–H groups in total. The molecule has 0 saturated heterocycles. The highest BCUT2D eigenvalue weighted by atomic mass is 19.1. The Morgan fingerprint density at radius 2 is 1.87 bits per heavy atom. The van der Waals surface area contributed by atoms with Crippen molar-refractivity contribution in [2.45, 2.75) is 64.1 Å². The number of rotatable bonds is 9. The maximum atomic E-state index is 13.9. The van der Waals surface area contributed by atoms with Gasteiger partial charge in [0.1, 0.15) is 11.5 Å². The zero-order valence-electron chi connectivity index (χ0n) is 21.9. The fourth-order valence-electron chi connectivity index (χ4n) is 5.04. The molecule has 0 aliphatic heterocycles. The molecule has 1 aliphatic rings. The number of primary amides is 1. The van der Waals surface area contributed by atoms with Crippen LogP contribution in [0.15, 0.2) is 42.6 Å². The number of carbonyl (C=O) groups excluding carboxylic acids is 1. The first-order valence-corrected chi connectivity index (χ1v) is 12.9. The molecule has 39 heavy (non-hydrogen) atoms. The number of fused-ring (bicyclic) bond motifs is 3. The van der Waals surface area contributed by atoms with Crippen LogP contribution in [0, 0.1) is 5.82 Å². The van der Waals surface area contributed by atoms with Crippen LogP contribution < -0.4 is 5.73 Å². The lowest BCUT2D eigenvalue weighted by atomic mass is 9.86. The minimum absolute atomic E-state index is 0.0338. The lowest BCUT2D eigenvalue weighted by Gasteiger charge is -2.22. The van der Waals surface area contributed by atoms with Gasteiger partial charge in [0.2, 0.25) is 0 Å². The maximum absolute atomic E-state index is 13.9. The minimum atomic E-state index is -1.19. The van der Waals surface area contributed by atoms with Crippen LogP contribution in [0.25, 0.3) is 28.5 Å². The highest BCUT2D eigenvalue weighted by Gasteiger charge is 2.26. The van der Waals surface area contributed by atoms with Gasteiger partial charge in [0.25, 0.3) is 5.91 Å². The third-order valence-electron chi connectivity index (χ3n) is 6.82. The molecule has 0 saturated carbocycles. The number of hydrogen-bond donors (Lipinski definition) is 4. The number of aryl methyl sites for hydroxylation is 1. The summed E-state index contributed by atoms with van der Waals surface area (Å²) in [4.78, 5) is 32.0. The van der Waals surface area contributed by atoms with Crippen molar-refractivity contribution in [3.8, 4) is 22.4 Å². The Hall–Kier alpha value is -3.95. The molecule has 8 nitrogen and oxygen atoms in total. The Morgan fingerprint density at radius 1 is 1.15 bits per heavy atom. The molecular weight excluding hydrogens is 501 g/mol. The highest BCUT2D eigenvalue weighted by molar-refractivity contribution is 5.92. The van der Waals surface area contributed by atoms with E-state index in [1.54, 1.807) is 30.5 Å². The first kappa shape index (κ1) is 28.1. The normalized spacial score (nSPS) is 14.5. The first-order chi connectivity index (χ1) is 18.5. The molecule has 9 heteroatoms. The van der Waals surface area contributed by atoms with Crippen molar-refractivity contribution < 1.29 is 29.3 Å². The van der Waals surface area contributed by atoms with E-state index in [1.807, 2.05) is 13.8 Å². The number of aliphatic hydroxyl groups is 2. The summed E-state index contributed by atoms with van der Waals surface area (Å²) in [5.74, 6) is -2.14. The number of benzene rings is 1. The van der Waals surface area contributed by atoms with E-state index in [0.717, 1.165) is 51.2 Å². The lowest BCUT2D eigenvalue weighted by molar-refractivity contribution is -0.139. The second-order valence-corrected chi connectivity index (χ2v) is 10.1. The Kier molecular flexibility index (Phi) is 8.52. The van der Waals surface area contributed by atoms with Gasteiger partial charge in [-0.25, -0.2) is 4.39 Å². The Balaban J connectivity index is 1.92. The summed E-state index contributed by atoms with van der Waals surface area (Å²) < 4.78 is 13.9. The van der Waals surface area contributed by atoms with Crippen LogP contribution in [0.1, 0.15) is 71.9 Å². The standard InChI is InChI=1S/C30H32FN3O5/c1-16(2)28-23(11-10-20(35)13-21(36)14-26(37)38)27(17-6-8-19(31)9-7-17)22-5-3-4-18-12-25(30(32)39)33-15-24(18)29(22)34-28/h6-12,15-16,20-21,35-36H,3-5,13-14H2,1-2H3,(H2,32,39)(H,37,38)/t20-,21-/m1/s1. The summed E-state index contributed by atoms with van der Waals surface area (Å²) in [6, 6.07) is 7.92. The second kappa shape index (κ2) is 11.8. The summed E-state index contributed by atoms with van der Waals surface area (Å²) in [5, 5.41) is 29.4. The zero-order chi connectivity index (χ0) is 28.3. The van der Waals surface area contributed by atoms with E-state index in [2.05, 4.69) is 4.98 Å². The topological polar surface area (TPSA) is 147 Å². The summed E-state index contributed by atoms with van der Waals surface area (Å²) in [5.41, 5.74) is 12.2. The predicted octanol–water partition coefficient (Wildman–Crippen LogP) is 4.26. The molecule has 1 amide bonds. The molecule has 2 atom stereocenters. The van der Waals surface area contributed by atoms with Crippen LogP contribution in [0.5, 0.6) is 0 Å². The van der Waals surface area contributed by atoms with Crippen molar-refractivity contribution in [3.63, 3.8) is 0 Å². The molecule has 0 spiro atoms. The van der Waals surface area contributed by atoms with Crippen LogP contribution in [-0.2, 0) is 17.6 Å². The Morgan fingerprint density at radius 3 is 2.51 bits per heavy atom. The van der Waals surface area contributed by atoms with Gasteiger partial charge in [-0.2, -0.15) is 0 Å². The summed E-state index contributed by atoms with van der Waals surface area (Å²) in [6.07, 6.45) is 4.16. The van der Waals surface area contributed by atoms with Crippen molar-refractivity contribution in [2.75, 3.05) is 0 Å². The van der Waals surface area contributed by atoms with E-state index in [-0.39, 0.29) is 23.8 Å². The van der Waals surface area contributed by atoms with E-state index in [1.165, 1.54) is 18.2 Å². The van der Waals surface area contributed by atoms with Crippen molar-refractivity contribution in [2.24, 2.45) is 5.73 Å². The zero-order valence-corrected chi connectivity index (χ0v) is 21.9. The number of nitrogens with two attached hydrogens (primary N) is 1. The molecule has 1 aliphatic carbocycles. The number of hydrogen-bond acceptors (Lipinski definition) is 6. The van der Waals surface area contributed by atoms with Gasteiger partial charge in [-0.05, 0) is 65.6 Å². The van der Waals surface area contributed by atoms with Crippen molar-refractivity contribution in [3.05, 3.63) is 76.5 Å². The fourth-order valence-corrected chi connectivity index (χ4v) is 5.04. The van der Waals surface area contributed by atoms with Gasteiger partial charge in [0.05, 0.1) is 30.0 Å². The number of aliphatic hydroxyl groups excluding tert-OH is 2. The van der Waals surface area contributed by atoms with E-state index in [9.17, 15) is 24.2 Å². The molecule has 3 aromatic rings. The minimum Gasteiger partial charge on any atom is -0.481 e. The van der Waals surface area contributed by atoms with Crippen LogP contribution in [0.3, 0.4) is 0 Å². The SMILES string of the molecule is CC(C)c1nc2c(c(-c3ccc(F)cc3)c1C=C[C@@H](O)C[C@@H](O)CC(=O)O)CCCc1cc(C(N)=O)ncc1-2. The van der Waals surface area contributed by atoms with E-state index in [4.69, 9.17) is 15.8 Å². The number of carboxylic acids is 1. The quantitative estimate of drug-likeness (QED) is 0.321. The smallest absolute Gasteiger partial charge is 0.305 e. The van der Waals surface area contributed by atoms with E-state index < -0.39 is 30.5 Å². The van der Waals surface area contributed by atoms with Gasteiger partial charge >= 0.3 is 5.97 Å². The van der Waals surface area contributed by atoms with Crippen molar-refractivity contribution in [1.82, 2.24) is 9.97 Å². The molecule has 2 aromatic heterocycles. The van der Waals surface area contributed by atoms with Crippen molar-refractivity contribution >= 4 is 18.0 Å². The number of amides is 1. The molecule has 0 bridgehead atoms. The van der Waals surface area contributed by atoms with Gasteiger partial charge < -0.3 is 21.1 Å². The number of aliphatic carboxylic acids is 1. The third-order valence-corrected chi connectivity index (χ3v) is 6.82. The van der Waals surface area contributed by atoms with Crippen LogP contribution in [-0.4, -0.2) is 49.4 Å². The molecule has 1 aromatic carbocycles. The number of carboxylic acid groups (broad SMARTS) is 1. The van der Waals surface area contributed by atoms with Crippen molar-refractivity contribution in [1.29, 1.82) is 0 Å². The molecule has 204 valence electrons. The number of nitrogens with zero attached hydrogens (tertiary/aromatic N) is 2. The highest BCUT2D eigenvalue weighted by Crippen LogP contribution is 2.42.